The van der Waals surface area contributed by atoms with Gasteiger partial charge in [0.15, 0.2) is 0 Å². The van der Waals surface area contributed by atoms with E-state index in [1.165, 1.54) is 12.1 Å². The lowest BCUT2D eigenvalue weighted by molar-refractivity contribution is -0.137. The van der Waals surface area contributed by atoms with Crippen LogP contribution in [0.5, 0.6) is 0 Å². The van der Waals surface area contributed by atoms with Crippen LogP contribution in [0.3, 0.4) is 0 Å². The van der Waals surface area contributed by atoms with E-state index in [9.17, 15) is 13.2 Å². The molecular formula is C11H15F3. The van der Waals surface area contributed by atoms with E-state index >= 15 is 0 Å². The molecule has 1 rings (SSSR count). The van der Waals surface area contributed by atoms with Crippen molar-refractivity contribution in [1.29, 1.82) is 0 Å². The lowest BCUT2D eigenvalue weighted by atomic mass is 10.1. The van der Waals surface area contributed by atoms with E-state index < -0.39 is 11.7 Å². The zero-order chi connectivity index (χ0) is 11.2. The van der Waals surface area contributed by atoms with E-state index in [1.807, 2.05) is 20.8 Å². The van der Waals surface area contributed by atoms with E-state index in [-0.39, 0.29) is 0 Å². The molecule has 0 heterocycles. The molecule has 0 aromatic heterocycles. The Morgan fingerprint density at radius 1 is 1.14 bits per heavy atom. The monoisotopic (exact) mass is 204 g/mol. The van der Waals surface area contributed by atoms with E-state index in [0.29, 0.717) is 12.0 Å². The summed E-state index contributed by atoms with van der Waals surface area (Å²) in [4.78, 5) is 0. The summed E-state index contributed by atoms with van der Waals surface area (Å²) in [7, 11) is 0. The predicted octanol–water partition coefficient (Wildman–Crippen LogP) is 4.29. The zero-order valence-corrected chi connectivity index (χ0v) is 8.65. The third kappa shape index (κ3) is 3.81. The molecule has 0 N–H and O–H groups in total. The van der Waals surface area contributed by atoms with E-state index in [1.54, 1.807) is 6.07 Å². The second-order valence-electron chi connectivity index (χ2n) is 2.55. The summed E-state index contributed by atoms with van der Waals surface area (Å²) >= 11 is 0. The maximum atomic E-state index is 12.1. The first-order chi connectivity index (χ1) is 6.54. The van der Waals surface area contributed by atoms with Crippen molar-refractivity contribution in [2.75, 3.05) is 0 Å². The molecule has 0 unspecified atom stereocenters. The quantitative estimate of drug-likeness (QED) is 0.640. The molecule has 0 fully saturated rings. The van der Waals surface area contributed by atoms with Crippen molar-refractivity contribution < 1.29 is 13.2 Å². The number of rotatable bonds is 1. The van der Waals surface area contributed by atoms with Gasteiger partial charge in [-0.15, -0.1) is 0 Å². The molecule has 80 valence electrons. The standard InChI is InChI=1S/C9H9F3.C2H6/c1-2-7-4-3-5-8(6-7)9(10,11)12;1-2/h3-6H,2H2,1H3;1-2H3. The zero-order valence-electron chi connectivity index (χ0n) is 8.65. The van der Waals surface area contributed by atoms with Crippen LogP contribution in [0.2, 0.25) is 0 Å². The van der Waals surface area contributed by atoms with Gasteiger partial charge in [-0.2, -0.15) is 13.2 Å². The van der Waals surface area contributed by atoms with Crippen LogP contribution >= 0.6 is 0 Å². The molecule has 0 atom stereocenters. The number of hydrogen-bond donors (Lipinski definition) is 0. The second-order valence-corrected chi connectivity index (χ2v) is 2.55. The van der Waals surface area contributed by atoms with Crippen molar-refractivity contribution in [3.63, 3.8) is 0 Å². The summed E-state index contributed by atoms with van der Waals surface area (Å²) < 4.78 is 36.3. The number of halogens is 3. The maximum absolute atomic E-state index is 12.1. The van der Waals surface area contributed by atoms with Crippen molar-refractivity contribution in [1.82, 2.24) is 0 Å². The molecule has 1 aromatic carbocycles. The molecule has 14 heavy (non-hydrogen) atoms. The van der Waals surface area contributed by atoms with Crippen LogP contribution in [-0.4, -0.2) is 0 Å². The fourth-order valence-corrected chi connectivity index (χ4v) is 0.968. The van der Waals surface area contributed by atoms with Gasteiger partial charge in [0.1, 0.15) is 0 Å². The van der Waals surface area contributed by atoms with E-state index in [0.717, 1.165) is 6.07 Å². The summed E-state index contributed by atoms with van der Waals surface area (Å²) in [5, 5.41) is 0. The molecule has 3 heteroatoms. The minimum Gasteiger partial charge on any atom is -0.166 e. The van der Waals surface area contributed by atoms with Gasteiger partial charge in [0.25, 0.3) is 0 Å². The van der Waals surface area contributed by atoms with Crippen molar-refractivity contribution in [3.8, 4) is 0 Å². The number of alkyl halides is 3. The molecular weight excluding hydrogens is 189 g/mol. The van der Waals surface area contributed by atoms with Gasteiger partial charge in [-0.1, -0.05) is 39.0 Å². The molecule has 0 aliphatic carbocycles. The largest absolute Gasteiger partial charge is 0.416 e. The minimum atomic E-state index is -4.22. The lowest BCUT2D eigenvalue weighted by Gasteiger charge is -2.06. The average Bonchev–Trinajstić information content (AvgIpc) is 2.20. The van der Waals surface area contributed by atoms with Crippen LogP contribution in [0, 0.1) is 0 Å². The summed E-state index contributed by atoms with van der Waals surface area (Å²) in [6, 6.07) is 5.38. The molecule has 0 amide bonds. The first-order valence-corrected chi connectivity index (χ1v) is 4.70. The summed E-state index contributed by atoms with van der Waals surface area (Å²) in [5.74, 6) is 0. The molecule has 0 saturated heterocycles. The second kappa shape index (κ2) is 5.68. The molecule has 0 radical (unpaired) electrons. The normalized spacial score (nSPS) is 10.4. The summed E-state index contributed by atoms with van der Waals surface area (Å²) in [6.07, 6.45) is -3.59. The maximum Gasteiger partial charge on any atom is 0.416 e. The van der Waals surface area contributed by atoms with Crippen LogP contribution in [0.4, 0.5) is 13.2 Å². The Labute approximate surface area is 82.8 Å². The van der Waals surface area contributed by atoms with Gasteiger partial charge < -0.3 is 0 Å². The molecule has 0 spiro atoms. The molecule has 0 saturated carbocycles. The first kappa shape index (κ1) is 13.0. The average molecular weight is 204 g/mol. The van der Waals surface area contributed by atoms with Gasteiger partial charge in [0.05, 0.1) is 5.56 Å². The SMILES string of the molecule is CC.CCc1cccc(C(F)(F)F)c1. The Morgan fingerprint density at radius 3 is 2.14 bits per heavy atom. The fraction of sp³-hybridized carbons (Fsp3) is 0.455. The van der Waals surface area contributed by atoms with Crippen LogP contribution in [0.25, 0.3) is 0 Å². The predicted molar refractivity (Wildman–Crippen MR) is 52.2 cm³/mol. The fourth-order valence-electron chi connectivity index (χ4n) is 0.968. The van der Waals surface area contributed by atoms with Gasteiger partial charge in [-0.05, 0) is 18.1 Å². The Hall–Kier alpha value is -0.990. The topological polar surface area (TPSA) is 0 Å². The Kier molecular flexibility index (Phi) is 5.28. The Balaban J connectivity index is 0.000000791. The Morgan fingerprint density at radius 2 is 1.71 bits per heavy atom. The summed E-state index contributed by atoms with van der Waals surface area (Å²) in [5.41, 5.74) is 0.145. The van der Waals surface area contributed by atoms with Gasteiger partial charge in [0.2, 0.25) is 0 Å². The Bertz CT molecular complexity index is 263. The minimum absolute atomic E-state index is 0.568. The molecule has 1 aromatic rings. The van der Waals surface area contributed by atoms with Gasteiger partial charge in [-0.25, -0.2) is 0 Å². The highest BCUT2D eigenvalue weighted by Gasteiger charge is 2.30. The van der Waals surface area contributed by atoms with Gasteiger partial charge >= 0.3 is 6.18 Å². The first-order valence-electron chi connectivity index (χ1n) is 4.70. The smallest absolute Gasteiger partial charge is 0.166 e. The van der Waals surface area contributed by atoms with Crippen LogP contribution in [-0.2, 0) is 12.6 Å². The molecule has 0 aliphatic heterocycles. The highest BCUT2D eigenvalue weighted by molar-refractivity contribution is 5.25. The third-order valence-electron chi connectivity index (χ3n) is 1.66. The molecule has 0 nitrogen and oxygen atoms in total. The van der Waals surface area contributed by atoms with Crippen molar-refractivity contribution >= 4 is 0 Å². The van der Waals surface area contributed by atoms with Crippen LogP contribution in [0.1, 0.15) is 31.9 Å². The number of hydrogen-bond acceptors (Lipinski definition) is 0. The van der Waals surface area contributed by atoms with Crippen LogP contribution < -0.4 is 0 Å². The summed E-state index contributed by atoms with van der Waals surface area (Å²) in [6.45, 7) is 5.83. The number of benzene rings is 1. The highest BCUT2D eigenvalue weighted by atomic mass is 19.4. The van der Waals surface area contributed by atoms with E-state index in [2.05, 4.69) is 0 Å². The van der Waals surface area contributed by atoms with E-state index in [4.69, 9.17) is 0 Å². The lowest BCUT2D eigenvalue weighted by Crippen LogP contribution is -2.04. The van der Waals surface area contributed by atoms with Crippen molar-refractivity contribution in [2.24, 2.45) is 0 Å². The molecule has 0 bridgehead atoms. The highest BCUT2D eigenvalue weighted by Crippen LogP contribution is 2.29. The van der Waals surface area contributed by atoms with Crippen molar-refractivity contribution in [3.05, 3.63) is 35.4 Å². The number of aryl methyl sites for hydroxylation is 1. The van der Waals surface area contributed by atoms with Gasteiger partial charge in [-0.3, -0.25) is 0 Å². The van der Waals surface area contributed by atoms with Crippen LogP contribution in [0.15, 0.2) is 24.3 Å². The van der Waals surface area contributed by atoms with Crippen molar-refractivity contribution in [2.45, 2.75) is 33.4 Å². The van der Waals surface area contributed by atoms with Gasteiger partial charge in [0, 0.05) is 0 Å². The third-order valence-corrected chi connectivity index (χ3v) is 1.66. The molecule has 0 aliphatic rings.